The maximum atomic E-state index is 5.99. The van der Waals surface area contributed by atoms with Gasteiger partial charge < -0.3 is 5.32 Å². The van der Waals surface area contributed by atoms with Crippen molar-refractivity contribution in [3.63, 3.8) is 0 Å². The molecule has 0 saturated carbocycles. The number of hydrogen-bond acceptors (Lipinski definition) is 3. The second-order valence-corrected chi connectivity index (χ2v) is 5.32. The Bertz CT molecular complexity index is 394. The molecule has 0 fully saturated rings. The number of nitrogens with one attached hydrogen (secondary N) is 1. The van der Waals surface area contributed by atoms with Gasteiger partial charge in [-0.05, 0) is 13.3 Å². The molecule has 0 bridgehead atoms. The lowest BCUT2D eigenvalue weighted by molar-refractivity contribution is 0.546. The fourth-order valence-corrected chi connectivity index (χ4v) is 1.48. The van der Waals surface area contributed by atoms with Crippen LogP contribution in [0.4, 0.5) is 5.82 Å². The molecule has 94 valence electrons. The largest absolute Gasteiger partial charge is 0.370 e. The monoisotopic (exact) mass is 253 g/mol. The van der Waals surface area contributed by atoms with E-state index in [-0.39, 0.29) is 5.41 Å². The van der Waals surface area contributed by atoms with Crippen LogP contribution in [-0.4, -0.2) is 16.5 Å². The molecule has 0 radical (unpaired) electrons. The van der Waals surface area contributed by atoms with Crippen LogP contribution < -0.4 is 5.32 Å². The molecule has 1 aromatic heterocycles. The van der Waals surface area contributed by atoms with Gasteiger partial charge in [-0.2, -0.15) is 0 Å². The predicted octanol–water partition coefficient (Wildman–Crippen LogP) is 3.81. The third-order valence-electron chi connectivity index (χ3n) is 2.22. The molecule has 0 aromatic carbocycles. The van der Waals surface area contributed by atoms with Gasteiger partial charge >= 0.3 is 0 Å². The van der Waals surface area contributed by atoms with E-state index in [2.05, 4.69) is 42.1 Å². The minimum Gasteiger partial charge on any atom is -0.370 e. The van der Waals surface area contributed by atoms with E-state index in [9.17, 15) is 0 Å². The third kappa shape index (κ3) is 4.73. The smallest absolute Gasteiger partial charge is 0.137 e. The Morgan fingerprint density at radius 1 is 1.35 bits per heavy atom. The van der Waals surface area contributed by atoms with Crippen LogP contribution in [0.2, 0.25) is 5.15 Å². The van der Waals surface area contributed by atoms with Gasteiger partial charge in [-0.3, -0.25) is 0 Å². The highest BCUT2D eigenvalue weighted by atomic mass is 35.5. The lowest BCUT2D eigenvalue weighted by Crippen LogP contribution is -2.17. The van der Waals surface area contributed by atoms with Crippen LogP contribution in [0.25, 0.3) is 0 Å². The van der Waals surface area contributed by atoms with Crippen LogP contribution in [0.1, 0.15) is 39.9 Å². The van der Waals surface area contributed by atoms with Crippen molar-refractivity contribution in [2.75, 3.05) is 11.9 Å². The molecule has 4 heteroatoms. The van der Waals surface area contributed by atoms with E-state index in [1.165, 1.54) is 0 Å². The Kier molecular flexibility index (Phi) is 4.94. The van der Waals surface area contributed by atoms with Gasteiger partial charge in [0.2, 0.25) is 0 Å². The van der Waals surface area contributed by atoms with Crippen molar-refractivity contribution in [2.24, 2.45) is 0 Å². The first kappa shape index (κ1) is 14.0. The fraction of sp³-hybridized carbons (Fsp3) is 0.538. The highest BCUT2D eigenvalue weighted by Gasteiger charge is 2.18. The molecule has 0 saturated heterocycles. The van der Waals surface area contributed by atoms with Crippen molar-refractivity contribution >= 4 is 17.4 Å². The summed E-state index contributed by atoms with van der Waals surface area (Å²) in [6.45, 7) is 9.08. The summed E-state index contributed by atoms with van der Waals surface area (Å²) in [5.74, 6) is 1.55. The molecule has 0 spiro atoms. The molecule has 1 aromatic rings. The van der Waals surface area contributed by atoms with Crippen molar-refractivity contribution < 1.29 is 0 Å². The van der Waals surface area contributed by atoms with E-state index in [0.717, 1.165) is 24.6 Å². The van der Waals surface area contributed by atoms with Crippen LogP contribution in [-0.2, 0) is 5.41 Å². The van der Waals surface area contributed by atoms with Gasteiger partial charge in [0.05, 0.1) is 0 Å². The number of allylic oxidation sites excluding steroid dienone is 1. The summed E-state index contributed by atoms with van der Waals surface area (Å²) in [6, 6.07) is 1.76. The van der Waals surface area contributed by atoms with Crippen LogP contribution in [0.15, 0.2) is 18.2 Å². The summed E-state index contributed by atoms with van der Waals surface area (Å²) < 4.78 is 0. The van der Waals surface area contributed by atoms with Gasteiger partial charge in [0.15, 0.2) is 0 Å². The molecular weight excluding hydrogens is 234 g/mol. The Hall–Kier alpha value is -1.09. The lowest BCUT2D eigenvalue weighted by Gasteiger charge is -2.17. The maximum Gasteiger partial charge on any atom is 0.137 e. The summed E-state index contributed by atoms with van der Waals surface area (Å²) in [4.78, 5) is 8.72. The number of aromatic nitrogens is 2. The fourth-order valence-electron chi connectivity index (χ4n) is 1.29. The summed E-state index contributed by atoms with van der Waals surface area (Å²) >= 11 is 5.99. The average molecular weight is 254 g/mol. The van der Waals surface area contributed by atoms with E-state index in [4.69, 9.17) is 11.6 Å². The molecule has 0 amide bonds. The number of hydrogen-bond donors (Lipinski definition) is 1. The van der Waals surface area contributed by atoms with Gasteiger partial charge in [-0.25, -0.2) is 9.97 Å². The van der Waals surface area contributed by atoms with Crippen LogP contribution in [0, 0.1) is 0 Å². The predicted molar refractivity (Wildman–Crippen MR) is 73.7 cm³/mol. The van der Waals surface area contributed by atoms with Crippen LogP contribution in [0.3, 0.4) is 0 Å². The third-order valence-corrected chi connectivity index (χ3v) is 2.41. The van der Waals surface area contributed by atoms with E-state index < -0.39 is 0 Å². The summed E-state index contributed by atoms with van der Waals surface area (Å²) in [5.41, 5.74) is -0.0926. The number of nitrogens with zero attached hydrogens (tertiary/aromatic N) is 2. The van der Waals surface area contributed by atoms with E-state index in [0.29, 0.717) is 5.15 Å². The first-order valence-electron chi connectivity index (χ1n) is 5.83. The first-order chi connectivity index (χ1) is 7.93. The van der Waals surface area contributed by atoms with Crippen molar-refractivity contribution in [3.8, 4) is 0 Å². The summed E-state index contributed by atoms with van der Waals surface area (Å²) in [5, 5.41) is 3.73. The number of halogens is 1. The van der Waals surface area contributed by atoms with E-state index in [1.54, 1.807) is 6.07 Å². The maximum absolute atomic E-state index is 5.99. The van der Waals surface area contributed by atoms with E-state index >= 15 is 0 Å². The zero-order valence-electron chi connectivity index (χ0n) is 10.9. The molecule has 0 atom stereocenters. The van der Waals surface area contributed by atoms with Crippen LogP contribution >= 0.6 is 11.6 Å². The van der Waals surface area contributed by atoms with Crippen LogP contribution in [0.5, 0.6) is 0 Å². The standard InChI is InChI=1S/C13H20ClN3/c1-5-6-7-8-15-11-9-10(14)16-12(17-11)13(2,3)4/h5-6,9H,7-8H2,1-4H3,(H,15,16,17)/b6-5+. The van der Waals surface area contributed by atoms with Gasteiger partial charge in [0.25, 0.3) is 0 Å². The highest BCUT2D eigenvalue weighted by Crippen LogP contribution is 2.22. The summed E-state index contributed by atoms with van der Waals surface area (Å²) in [7, 11) is 0. The summed E-state index contributed by atoms with van der Waals surface area (Å²) in [6.07, 6.45) is 5.12. The highest BCUT2D eigenvalue weighted by molar-refractivity contribution is 6.29. The normalized spacial score (nSPS) is 12.1. The second kappa shape index (κ2) is 6.01. The topological polar surface area (TPSA) is 37.8 Å². The number of rotatable bonds is 4. The minimum atomic E-state index is -0.0926. The van der Waals surface area contributed by atoms with Gasteiger partial charge in [0, 0.05) is 18.0 Å². The molecule has 1 rings (SSSR count). The zero-order chi connectivity index (χ0) is 12.9. The van der Waals surface area contributed by atoms with Gasteiger partial charge in [-0.1, -0.05) is 44.5 Å². The molecule has 0 unspecified atom stereocenters. The number of anilines is 1. The molecule has 0 aliphatic heterocycles. The van der Waals surface area contributed by atoms with Gasteiger partial charge in [0.1, 0.15) is 16.8 Å². The Morgan fingerprint density at radius 2 is 2.06 bits per heavy atom. The van der Waals surface area contributed by atoms with Crippen molar-refractivity contribution in [1.82, 2.24) is 9.97 Å². The Labute approximate surface area is 108 Å². The molecule has 0 aliphatic rings. The van der Waals surface area contributed by atoms with Crippen molar-refractivity contribution in [3.05, 3.63) is 29.2 Å². The molecule has 17 heavy (non-hydrogen) atoms. The van der Waals surface area contributed by atoms with Crippen molar-refractivity contribution in [2.45, 2.75) is 39.5 Å². The molecular formula is C13H20ClN3. The molecule has 0 aliphatic carbocycles. The lowest BCUT2D eigenvalue weighted by atomic mass is 9.96. The van der Waals surface area contributed by atoms with Gasteiger partial charge in [-0.15, -0.1) is 0 Å². The first-order valence-corrected chi connectivity index (χ1v) is 6.21. The molecule has 3 nitrogen and oxygen atoms in total. The van der Waals surface area contributed by atoms with E-state index in [1.807, 2.05) is 13.0 Å². The molecule has 1 N–H and O–H groups in total. The Morgan fingerprint density at radius 3 is 2.65 bits per heavy atom. The molecule has 1 heterocycles. The Balaban J connectivity index is 2.76. The second-order valence-electron chi connectivity index (χ2n) is 4.93. The SMILES string of the molecule is C/C=C/CCNc1cc(Cl)nc(C(C)(C)C)n1. The quantitative estimate of drug-likeness (QED) is 0.504. The van der Waals surface area contributed by atoms with Crippen molar-refractivity contribution in [1.29, 1.82) is 0 Å². The zero-order valence-corrected chi connectivity index (χ0v) is 11.7. The average Bonchev–Trinajstić information content (AvgIpc) is 2.22. The minimum absolute atomic E-state index is 0.0926.